The predicted molar refractivity (Wildman–Crippen MR) is 106 cm³/mol. The summed E-state index contributed by atoms with van der Waals surface area (Å²) in [5, 5.41) is 2.59. The summed E-state index contributed by atoms with van der Waals surface area (Å²) in [6, 6.07) is 9.17. The van der Waals surface area contributed by atoms with Crippen molar-refractivity contribution in [3.63, 3.8) is 0 Å². The molecule has 1 aromatic heterocycles. The highest BCUT2D eigenvalue weighted by atomic mass is 32.1. The average Bonchev–Trinajstić information content (AvgIpc) is 3.08. The van der Waals surface area contributed by atoms with Gasteiger partial charge in [-0.3, -0.25) is 14.5 Å². The lowest BCUT2D eigenvalue weighted by atomic mass is 9.90. The lowest BCUT2D eigenvalue weighted by Crippen LogP contribution is -2.39. The van der Waals surface area contributed by atoms with E-state index in [4.69, 9.17) is 6.42 Å². The van der Waals surface area contributed by atoms with E-state index >= 15 is 0 Å². The number of hydrogen-bond donors (Lipinski definition) is 1. The van der Waals surface area contributed by atoms with Gasteiger partial charge < -0.3 is 5.32 Å². The van der Waals surface area contributed by atoms with Crippen LogP contribution in [0.4, 0.5) is 5.69 Å². The van der Waals surface area contributed by atoms with Crippen molar-refractivity contribution in [3.05, 3.63) is 51.2 Å². The molecule has 1 aromatic carbocycles. The van der Waals surface area contributed by atoms with Crippen molar-refractivity contribution in [1.82, 2.24) is 5.32 Å². The number of nitrogens with zero attached hydrogens (tertiary/aromatic N) is 1. The molecule has 26 heavy (non-hydrogen) atoms. The topological polar surface area (TPSA) is 49.4 Å². The van der Waals surface area contributed by atoms with E-state index in [1.807, 2.05) is 6.07 Å². The zero-order chi connectivity index (χ0) is 18.7. The van der Waals surface area contributed by atoms with Gasteiger partial charge in [-0.05, 0) is 55.0 Å². The van der Waals surface area contributed by atoms with Crippen LogP contribution in [0.2, 0.25) is 0 Å². The van der Waals surface area contributed by atoms with Gasteiger partial charge in [-0.2, -0.15) is 0 Å². The molecular formula is C21H22N2O2S. The summed E-state index contributed by atoms with van der Waals surface area (Å²) in [4.78, 5) is 28.7. The van der Waals surface area contributed by atoms with Crippen molar-refractivity contribution in [1.29, 1.82) is 0 Å². The Labute approximate surface area is 158 Å². The molecule has 4 nitrogen and oxygen atoms in total. The Bertz CT molecular complexity index is 878. The van der Waals surface area contributed by atoms with Crippen LogP contribution in [0.3, 0.4) is 0 Å². The molecule has 0 radical (unpaired) electrons. The van der Waals surface area contributed by atoms with E-state index in [1.165, 1.54) is 15.3 Å². The van der Waals surface area contributed by atoms with Crippen LogP contribution in [0.5, 0.6) is 0 Å². The van der Waals surface area contributed by atoms with E-state index in [2.05, 4.69) is 18.2 Å². The largest absolute Gasteiger partial charge is 0.358 e. The Kier molecular flexibility index (Phi) is 5.43. The number of amides is 2. The van der Waals surface area contributed by atoms with Crippen molar-refractivity contribution >= 4 is 28.8 Å². The van der Waals surface area contributed by atoms with Crippen molar-refractivity contribution in [2.24, 2.45) is 5.92 Å². The molecule has 2 aromatic rings. The third-order valence-electron chi connectivity index (χ3n) is 4.69. The maximum absolute atomic E-state index is 13.2. The molecule has 0 saturated heterocycles. The van der Waals surface area contributed by atoms with E-state index < -0.39 is 0 Å². The molecule has 0 spiro atoms. The van der Waals surface area contributed by atoms with E-state index in [0.29, 0.717) is 22.0 Å². The fourth-order valence-electron chi connectivity index (χ4n) is 3.21. The number of terminal acetylenes is 1. The highest BCUT2D eigenvalue weighted by Gasteiger charge is 2.25. The number of anilines is 1. The lowest BCUT2D eigenvalue weighted by molar-refractivity contribution is -0.119. The standard InChI is InChI=1S/C21H22N2O2S/c1-4-15-6-5-7-17(11-15)23(13-20(24)22-3)21(25)19-12-16-10-14(2)8-9-18(16)26-19/h1,5-7,11-12,14H,8-10,13H2,2-3H3,(H,22,24). The minimum Gasteiger partial charge on any atom is -0.358 e. The molecule has 134 valence electrons. The van der Waals surface area contributed by atoms with Crippen molar-refractivity contribution in [2.45, 2.75) is 26.2 Å². The number of aryl methyl sites for hydroxylation is 1. The Morgan fingerprint density at radius 1 is 1.38 bits per heavy atom. The van der Waals surface area contributed by atoms with Crippen molar-refractivity contribution in [3.8, 4) is 12.3 Å². The summed E-state index contributed by atoms with van der Waals surface area (Å²) < 4.78 is 0. The van der Waals surface area contributed by atoms with Crippen LogP contribution in [0.15, 0.2) is 30.3 Å². The summed E-state index contributed by atoms with van der Waals surface area (Å²) in [5.74, 6) is 2.84. The molecule has 1 unspecified atom stereocenters. The van der Waals surface area contributed by atoms with Crippen LogP contribution < -0.4 is 10.2 Å². The minimum absolute atomic E-state index is 0.0394. The summed E-state index contributed by atoms with van der Waals surface area (Å²) in [6.45, 7) is 2.20. The maximum Gasteiger partial charge on any atom is 0.268 e. The number of hydrogen-bond acceptors (Lipinski definition) is 3. The number of carbonyl (C=O) groups is 2. The molecule has 3 rings (SSSR count). The fraction of sp³-hybridized carbons (Fsp3) is 0.333. The minimum atomic E-state index is -0.223. The lowest BCUT2D eigenvalue weighted by Gasteiger charge is -2.21. The van der Waals surface area contributed by atoms with Crippen LogP contribution in [-0.2, 0) is 17.6 Å². The Morgan fingerprint density at radius 3 is 2.92 bits per heavy atom. The molecule has 1 aliphatic rings. The van der Waals surface area contributed by atoms with Crippen molar-refractivity contribution in [2.75, 3.05) is 18.5 Å². The summed E-state index contributed by atoms with van der Waals surface area (Å²) >= 11 is 1.55. The highest BCUT2D eigenvalue weighted by molar-refractivity contribution is 7.14. The number of rotatable bonds is 4. The van der Waals surface area contributed by atoms with E-state index in [9.17, 15) is 9.59 Å². The molecule has 1 aliphatic carbocycles. The highest BCUT2D eigenvalue weighted by Crippen LogP contribution is 2.33. The first-order chi connectivity index (χ1) is 12.5. The number of thiophene rings is 1. The zero-order valence-corrected chi connectivity index (χ0v) is 15.9. The Balaban J connectivity index is 1.95. The van der Waals surface area contributed by atoms with Crippen LogP contribution in [0.25, 0.3) is 0 Å². The third kappa shape index (κ3) is 3.81. The number of carbonyl (C=O) groups excluding carboxylic acids is 2. The summed E-state index contributed by atoms with van der Waals surface area (Å²) in [7, 11) is 1.56. The third-order valence-corrected chi connectivity index (χ3v) is 5.92. The van der Waals surface area contributed by atoms with Crippen LogP contribution in [-0.4, -0.2) is 25.4 Å². The van der Waals surface area contributed by atoms with Gasteiger partial charge in [0, 0.05) is 23.2 Å². The molecule has 1 N–H and O–H groups in total. The predicted octanol–water partition coefficient (Wildman–Crippen LogP) is 3.25. The van der Waals surface area contributed by atoms with Gasteiger partial charge in [-0.1, -0.05) is 18.9 Å². The number of likely N-dealkylation sites (N-methyl/N-ethyl adjacent to an activating group) is 1. The van der Waals surface area contributed by atoms with Gasteiger partial charge in [-0.15, -0.1) is 17.8 Å². The van der Waals surface area contributed by atoms with Gasteiger partial charge in [0.05, 0.1) is 4.88 Å². The van der Waals surface area contributed by atoms with Crippen LogP contribution >= 0.6 is 11.3 Å². The monoisotopic (exact) mass is 366 g/mol. The average molecular weight is 366 g/mol. The molecule has 1 heterocycles. The second-order valence-corrected chi connectivity index (χ2v) is 7.80. The molecule has 1 atom stereocenters. The van der Waals surface area contributed by atoms with E-state index in [0.717, 1.165) is 19.3 Å². The smallest absolute Gasteiger partial charge is 0.268 e. The second-order valence-electron chi connectivity index (χ2n) is 6.67. The molecule has 5 heteroatoms. The Morgan fingerprint density at radius 2 is 2.19 bits per heavy atom. The van der Waals surface area contributed by atoms with Gasteiger partial charge in [-0.25, -0.2) is 0 Å². The van der Waals surface area contributed by atoms with Crippen LogP contribution in [0, 0.1) is 18.3 Å². The molecule has 0 aliphatic heterocycles. The fourth-order valence-corrected chi connectivity index (χ4v) is 4.37. The van der Waals surface area contributed by atoms with E-state index in [1.54, 1.807) is 42.6 Å². The summed E-state index contributed by atoms with van der Waals surface area (Å²) in [6.07, 6.45) is 8.68. The van der Waals surface area contributed by atoms with Crippen LogP contribution in [0.1, 0.15) is 39.0 Å². The van der Waals surface area contributed by atoms with Gasteiger partial charge in [0.25, 0.3) is 5.91 Å². The number of nitrogens with one attached hydrogen (secondary N) is 1. The first kappa shape index (κ1) is 18.2. The first-order valence-corrected chi connectivity index (χ1v) is 9.54. The van der Waals surface area contributed by atoms with Gasteiger partial charge in [0.1, 0.15) is 6.54 Å². The number of benzene rings is 1. The molecule has 0 saturated carbocycles. The van der Waals surface area contributed by atoms with Crippen molar-refractivity contribution < 1.29 is 9.59 Å². The Hall–Kier alpha value is -2.58. The van der Waals surface area contributed by atoms with Gasteiger partial charge in [0.2, 0.25) is 5.91 Å². The SMILES string of the molecule is C#Cc1cccc(N(CC(=O)NC)C(=O)c2cc3c(s2)CCC(C)C3)c1. The quantitative estimate of drug-likeness (QED) is 0.845. The van der Waals surface area contributed by atoms with Gasteiger partial charge in [0.15, 0.2) is 0 Å². The first-order valence-electron chi connectivity index (χ1n) is 8.72. The second kappa shape index (κ2) is 7.76. The maximum atomic E-state index is 13.2. The molecule has 0 fully saturated rings. The normalized spacial score (nSPS) is 15.7. The molecule has 0 bridgehead atoms. The van der Waals surface area contributed by atoms with Gasteiger partial charge >= 0.3 is 0 Å². The van der Waals surface area contributed by atoms with E-state index in [-0.39, 0.29) is 18.4 Å². The number of fused-ring (bicyclic) bond motifs is 1. The molecule has 2 amide bonds. The summed E-state index contributed by atoms with van der Waals surface area (Å²) in [5.41, 5.74) is 2.58. The molecular weight excluding hydrogens is 344 g/mol. The zero-order valence-electron chi connectivity index (χ0n) is 15.0.